The number of aromatic nitrogens is 2. The van der Waals surface area contributed by atoms with Gasteiger partial charge in [-0.3, -0.25) is 29.6 Å². The van der Waals surface area contributed by atoms with Gasteiger partial charge in [0.1, 0.15) is 5.69 Å². The molecule has 0 aliphatic carbocycles. The van der Waals surface area contributed by atoms with Crippen LogP contribution in [0, 0.1) is 0 Å². The Kier molecular flexibility index (Phi) is 4.94. The summed E-state index contributed by atoms with van der Waals surface area (Å²) in [6, 6.07) is 12.4. The summed E-state index contributed by atoms with van der Waals surface area (Å²) < 4.78 is 0. The van der Waals surface area contributed by atoms with Crippen LogP contribution in [-0.2, 0) is 16.1 Å². The number of carbonyl (C=O) groups is 3. The molecule has 1 aromatic carbocycles. The van der Waals surface area contributed by atoms with Gasteiger partial charge in [-0.2, -0.15) is 0 Å². The molecule has 1 N–H and O–H groups in total. The second-order valence-corrected chi connectivity index (χ2v) is 7.14. The van der Waals surface area contributed by atoms with Crippen LogP contribution in [0.4, 0.5) is 5.13 Å². The van der Waals surface area contributed by atoms with Gasteiger partial charge >= 0.3 is 0 Å². The van der Waals surface area contributed by atoms with E-state index in [0.29, 0.717) is 16.4 Å². The number of likely N-dealkylation sites (tertiary alicyclic amines) is 1. The number of nitrogens with zero attached hydrogens (tertiary/aromatic N) is 3. The first-order valence-electron chi connectivity index (χ1n) is 8.70. The third-order valence-electron chi connectivity index (χ3n) is 4.36. The van der Waals surface area contributed by atoms with Crippen LogP contribution >= 0.6 is 11.3 Å². The van der Waals surface area contributed by atoms with Crippen molar-refractivity contribution in [1.82, 2.24) is 14.9 Å². The minimum atomic E-state index is -0.276. The first kappa shape index (κ1) is 18.0. The fraction of sp³-hybridized carbons (Fsp3) is 0.150. The van der Waals surface area contributed by atoms with Crippen LogP contribution in [0.2, 0.25) is 0 Å². The number of thiazole rings is 1. The molecular formula is C20H16N4O3S. The topological polar surface area (TPSA) is 92.3 Å². The second-order valence-electron chi connectivity index (χ2n) is 6.28. The van der Waals surface area contributed by atoms with Gasteiger partial charge in [0.2, 0.25) is 11.8 Å². The molecule has 2 aromatic heterocycles. The Morgan fingerprint density at radius 2 is 1.79 bits per heavy atom. The number of hydrogen-bond donors (Lipinski definition) is 1. The van der Waals surface area contributed by atoms with E-state index < -0.39 is 0 Å². The van der Waals surface area contributed by atoms with E-state index >= 15 is 0 Å². The summed E-state index contributed by atoms with van der Waals surface area (Å²) in [5, 5.41) is 5.10. The summed E-state index contributed by atoms with van der Waals surface area (Å²) in [7, 11) is 0. The van der Waals surface area contributed by atoms with E-state index in [1.54, 1.807) is 30.5 Å². The van der Waals surface area contributed by atoms with Crippen molar-refractivity contribution in [3.8, 4) is 11.4 Å². The number of rotatable bonds is 5. The second kappa shape index (κ2) is 7.69. The summed E-state index contributed by atoms with van der Waals surface area (Å²) in [5.41, 5.74) is 2.72. The zero-order valence-corrected chi connectivity index (χ0v) is 15.6. The van der Waals surface area contributed by atoms with Gasteiger partial charge in [-0.1, -0.05) is 18.2 Å². The molecule has 0 radical (unpaired) electrons. The fourth-order valence-electron chi connectivity index (χ4n) is 2.88. The Balaban J connectivity index is 1.41. The summed E-state index contributed by atoms with van der Waals surface area (Å²) in [5.74, 6) is -0.583. The molecule has 0 bridgehead atoms. The van der Waals surface area contributed by atoms with Gasteiger partial charge in [0.25, 0.3) is 5.91 Å². The average molecular weight is 392 g/mol. The molecule has 7 nitrogen and oxygen atoms in total. The van der Waals surface area contributed by atoms with Crippen molar-refractivity contribution in [2.75, 3.05) is 5.32 Å². The van der Waals surface area contributed by atoms with E-state index in [4.69, 9.17) is 0 Å². The predicted molar refractivity (Wildman–Crippen MR) is 105 cm³/mol. The molecule has 0 spiro atoms. The highest BCUT2D eigenvalue weighted by atomic mass is 32.1. The lowest BCUT2D eigenvalue weighted by Crippen LogP contribution is -2.28. The van der Waals surface area contributed by atoms with Crippen LogP contribution in [0.5, 0.6) is 0 Å². The largest absolute Gasteiger partial charge is 0.298 e. The first-order valence-corrected chi connectivity index (χ1v) is 9.58. The van der Waals surface area contributed by atoms with Crippen molar-refractivity contribution in [1.29, 1.82) is 0 Å². The maximum Gasteiger partial charge on any atom is 0.257 e. The fourth-order valence-corrected chi connectivity index (χ4v) is 3.58. The highest BCUT2D eigenvalue weighted by Crippen LogP contribution is 2.23. The predicted octanol–water partition coefficient (Wildman–Crippen LogP) is 3.11. The average Bonchev–Trinajstić information content (AvgIpc) is 3.31. The normalized spacial score (nSPS) is 13.8. The highest BCUT2D eigenvalue weighted by molar-refractivity contribution is 7.14. The van der Waals surface area contributed by atoms with E-state index in [2.05, 4.69) is 15.3 Å². The molecule has 140 valence electrons. The molecule has 0 atom stereocenters. The molecule has 4 rings (SSSR count). The van der Waals surface area contributed by atoms with Gasteiger partial charge in [0.05, 0.1) is 12.2 Å². The Hall–Kier alpha value is -3.39. The third kappa shape index (κ3) is 3.81. The Labute approximate surface area is 165 Å². The number of nitrogens with one attached hydrogen (secondary N) is 1. The summed E-state index contributed by atoms with van der Waals surface area (Å²) in [6.07, 6.45) is 2.24. The zero-order valence-electron chi connectivity index (χ0n) is 14.8. The van der Waals surface area contributed by atoms with Crippen LogP contribution in [0.15, 0.2) is 54.0 Å². The number of carbonyl (C=O) groups excluding carboxylic acids is 3. The Morgan fingerprint density at radius 1 is 1.04 bits per heavy atom. The smallest absolute Gasteiger partial charge is 0.257 e. The van der Waals surface area contributed by atoms with Gasteiger partial charge in [0, 0.05) is 30.0 Å². The van der Waals surface area contributed by atoms with Crippen molar-refractivity contribution >= 4 is 34.2 Å². The molecule has 28 heavy (non-hydrogen) atoms. The van der Waals surface area contributed by atoms with Crippen molar-refractivity contribution in [2.45, 2.75) is 19.4 Å². The summed E-state index contributed by atoms with van der Waals surface area (Å²) >= 11 is 1.33. The summed E-state index contributed by atoms with van der Waals surface area (Å²) in [6.45, 7) is 0.236. The number of pyridine rings is 1. The number of benzene rings is 1. The Bertz CT molecular complexity index is 1020. The SMILES string of the molecule is O=C(Nc1nc(-c2ccccn2)cs1)c1ccc(CN2C(=O)CCC2=O)cc1. The van der Waals surface area contributed by atoms with Gasteiger partial charge in [-0.15, -0.1) is 11.3 Å². The molecule has 1 saturated heterocycles. The molecular weight excluding hydrogens is 376 g/mol. The molecule has 8 heteroatoms. The Morgan fingerprint density at radius 3 is 2.46 bits per heavy atom. The minimum Gasteiger partial charge on any atom is -0.298 e. The standard InChI is InChI=1S/C20H16N4O3S/c25-17-8-9-18(26)24(17)11-13-4-6-14(7-5-13)19(27)23-20-22-16(12-28-20)15-3-1-2-10-21-15/h1-7,10,12H,8-9,11H2,(H,22,23,27). The lowest BCUT2D eigenvalue weighted by atomic mass is 10.1. The van der Waals surface area contributed by atoms with Crippen LogP contribution in [-0.4, -0.2) is 32.6 Å². The minimum absolute atomic E-state index is 0.153. The van der Waals surface area contributed by atoms with Crippen molar-refractivity contribution in [3.05, 3.63) is 65.2 Å². The van der Waals surface area contributed by atoms with Crippen LogP contribution in [0.1, 0.15) is 28.8 Å². The van der Waals surface area contributed by atoms with E-state index in [0.717, 1.165) is 11.3 Å². The number of amides is 3. The van der Waals surface area contributed by atoms with Gasteiger partial charge in [-0.25, -0.2) is 4.98 Å². The van der Waals surface area contributed by atoms with Gasteiger partial charge in [-0.05, 0) is 29.8 Å². The van der Waals surface area contributed by atoms with Crippen molar-refractivity contribution in [3.63, 3.8) is 0 Å². The third-order valence-corrected chi connectivity index (χ3v) is 5.12. The lowest BCUT2D eigenvalue weighted by Gasteiger charge is -2.13. The monoisotopic (exact) mass is 392 g/mol. The van der Waals surface area contributed by atoms with Crippen LogP contribution in [0.3, 0.4) is 0 Å². The van der Waals surface area contributed by atoms with E-state index in [1.807, 2.05) is 23.6 Å². The van der Waals surface area contributed by atoms with Gasteiger partial charge < -0.3 is 0 Å². The lowest BCUT2D eigenvalue weighted by molar-refractivity contribution is -0.139. The molecule has 0 unspecified atom stereocenters. The summed E-state index contributed by atoms with van der Waals surface area (Å²) in [4.78, 5) is 45.7. The molecule has 1 fully saturated rings. The molecule has 3 aromatic rings. The highest BCUT2D eigenvalue weighted by Gasteiger charge is 2.28. The molecule has 3 amide bonds. The van der Waals surface area contributed by atoms with Crippen molar-refractivity contribution < 1.29 is 14.4 Å². The molecule has 1 aliphatic heterocycles. The number of imide groups is 1. The quantitative estimate of drug-likeness (QED) is 0.674. The van der Waals surface area contributed by atoms with Gasteiger partial charge in [0.15, 0.2) is 5.13 Å². The zero-order chi connectivity index (χ0) is 19.5. The van der Waals surface area contributed by atoms with Crippen LogP contribution in [0.25, 0.3) is 11.4 Å². The number of hydrogen-bond acceptors (Lipinski definition) is 6. The maximum absolute atomic E-state index is 12.4. The molecule has 0 saturated carbocycles. The van der Waals surface area contributed by atoms with Crippen LogP contribution < -0.4 is 5.32 Å². The molecule has 3 heterocycles. The van der Waals surface area contributed by atoms with Crippen molar-refractivity contribution in [2.24, 2.45) is 0 Å². The van der Waals surface area contributed by atoms with E-state index in [9.17, 15) is 14.4 Å². The molecule has 1 aliphatic rings. The van der Waals surface area contributed by atoms with E-state index in [1.165, 1.54) is 16.2 Å². The maximum atomic E-state index is 12.4. The number of anilines is 1. The van der Waals surface area contributed by atoms with E-state index in [-0.39, 0.29) is 37.1 Å². The first-order chi connectivity index (χ1) is 13.6.